The number of methoxy groups -OCH3 is 1. The number of hydrogen-bond donors (Lipinski definition) is 1. The van der Waals surface area contributed by atoms with Crippen molar-refractivity contribution >= 4 is 11.9 Å². The molecule has 2 rings (SSSR count). The molecule has 1 saturated heterocycles. The second-order valence-electron chi connectivity index (χ2n) is 6.40. The van der Waals surface area contributed by atoms with E-state index in [0.717, 1.165) is 12.0 Å². The van der Waals surface area contributed by atoms with Gasteiger partial charge in [-0.3, -0.25) is 4.79 Å². The number of hydrogen-bond acceptors (Lipinski definition) is 5. The van der Waals surface area contributed by atoms with Gasteiger partial charge in [0.05, 0.1) is 5.92 Å². The van der Waals surface area contributed by atoms with Gasteiger partial charge in [-0.25, -0.2) is 4.79 Å². The predicted octanol–water partition coefficient (Wildman–Crippen LogP) is -0.249. The van der Waals surface area contributed by atoms with E-state index < -0.39 is 29.6 Å². The smallest absolute Gasteiger partial charge is 1.00 e. The van der Waals surface area contributed by atoms with Crippen LogP contribution in [0.4, 0.5) is 13.2 Å². The molecule has 1 heterocycles. The summed E-state index contributed by atoms with van der Waals surface area (Å²) in [6.07, 6.45) is -3.38. The Labute approximate surface area is 179 Å². The summed E-state index contributed by atoms with van der Waals surface area (Å²) in [5.41, 5.74) is -0.272. The maximum absolute atomic E-state index is 12.4. The Morgan fingerprint density at radius 1 is 1.30 bits per heavy atom. The number of rotatable bonds is 6. The van der Waals surface area contributed by atoms with Crippen molar-refractivity contribution < 1.29 is 63.2 Å². The Morgan fingerprint density at radius 2 is 1.93 bits per heavy atom. The van der Waals surface area contributed by atoms with Gasteiger partial charge in [0, 0.05) is 19.6 Å². The summed E-state index contributed by atoms with van der Waals surface area (Å²) in [7, 11) is 1.41. The van der Waals surface area contributed by atoms with Crippen LogP contribution in [0.1, 0.15) is 26.8 Å². The Kier molecular flexibility index (Phi) is 8.95. The van der Waals surface area contributed by atoms with Gasteiger partial charge < -0.3 is 16.2 Å². The average molecular weight is 397 g/mol. The van der Waals surface area contributed by atoms with E-state index in [2.05, 4.69) is 10.1 Å². The number of nitrogens with one attached hydrogen (secondary N) is 1. The van der Waals surface area contributed by atoms with Gasteiger partial charge in [-0.1, -0.05) is 30.3 Å². The molecule has 146 valence electrons. The van der Waals surface area contributed by atoms with Gasteiger partial charge in [0.1, 0.15) is 5.60 Å². The summed E-state index contributed by atoms with van der Waals surface area (Å²) < 4.78 is 47.1. The number of carbonyl (C=O) groups excluding carboxylic acids is 2. The Hall–Kier alpha value is -0.930. The van der Waals surface area contributed by atoms with Crippen LogP contribution in [0.2, 0.25) is 0 Å². The molecule has 1 aromatic rings. The second-order valence-corrected chi connectivity index (χ2v) is 6.40. The molecule has 5 nitrogen and oxygen atoms in total. The number of carbonyl (C=O) groups is 2. The van der Waals surface area contributed by atoms with E-state index in [-0.39, 0.29) is 37.0 Å². The Balaban J connectivity index is 0.00000364. The normalized spacial score (nSPS) is 20.3. The van der Waals surface area contributed by atoms with Gasteiger partial charge in [-0.15, -0.1) is 0 Å². The maximum atomic E-state index is 12.4. The topological polar surface area (TPSA) is 64.6 Å². The van der Waals surface area contributed by atoms with Gasteiger partial charge in [-0.05, 0) is 31.9 Å². The molecule has 0 unspecified atom stereocenters. The van der Waals surface area contributed by atoms with Gasteiger partial charge in [-0.2, -0.15) is 13.2 Å². The van der Waals surface area contributed by atoms with Crippen molar-refractivity contribution in [2.45, 2.75) is 44.0 Å². The van der Waals surface area contributed by atoms with Crippen LogP contribution in [-0.2, 0) is 25.5 Å². The van der Waals surface area contributed by atoms with Gasteiger partial charge in [0.2, 0.25) is 0 Å². The van der Waals surface area contributed by atoms with E-state index in [1.54, 1.807) is 0 Å². The quantitative estimate of drug-likeness (QED) is 0.408. The minimum atomic E-state index is -5.23. The van der Waals surface area contributed by atoms with Crippen LogP contribution >= 0.6 is 0 Å². The first kappa shape index (κ1) is 24.1. The van der Waals surface area contributed by atoms with Crippen LogP contribution < -0.4 is 34.9 Å². The fraction of sp³-hybridized carbons (Fsp3) is 0.556. The molecule has 0 amide bonds. The molecule has 0 bridgehead atoms. The summed E-state index contributed by atoms with van der Waals surface area (Å²) in [6, 6.07) is 8.94. The number of ether oxygens (including phenoxy) is 2. The molecule has 1 aliphatic heterocycles. The van der Waals surface area contributed by atoms with E-state index in [0.29, 0.717) is 19.4 Å². The van der Waals surface area contributed by atoms with Gasteiger partial charge >= 0.3 is 47.7 Å². The number of alkyl halides is 3. The third kappa shape index (κ3) is 5.77. The summed E-state index contributed by atoms with van der Waals surface area (Å²) in [4.78, 5) is 23.4. The van der Waals surface area contributed by atoms with E-state index in [1.807, 2.05) is 30.3 Å². The molecule has 3 atom stereocenters. The minimum absolute atomic E-state index is 0. The molecule has 0 radical (unpaired) electrons. The Bertz CT molecular complexity index is 641. The van der Waals surface area contributed by atoms with Crippen LogP contribution in [-0.4, -0.2) is 43.4 Å². The first-order valence-corrected chi connectivity index (χ1v) is 8.36. The SMILES string of the molecule is CO[C@@](Cc1ccccc1)([C@@H]1CCCN1)[C@@H](C)C(=O)OC(=O)C(F)(F)F.[H-].[Na+]. The molecule has 1 fully saturated rings. The first-order valence-electron chi connectivity index (χ1n) is 8.36. The van der Waals surface area contributed by atoms with E-state index >= 15 is 0 Å². The van der Waals surface area contributed by atoms with Crippen molar-refractivity contribution in [3.8, 4) is 0 Å². The van der Waals surface area contributed by atoms with Crippen LogP contribution in [0.25, 0.3) is 0 Å². The summed E-state index contributed by atoms with van der Waals surface area (Å²) in [5.74, 6) is -4.85. The molecule has 9 heteroatoms. The van der Waals surface area contributed by atoms with Crippen molar-refractivity contribution in [1.29, 1.82) is 0 Å². The number of esters is 2. The zero-order chi connectivity index (χ0) is 19.4. The van der Waals surface area contributed by atoms with Crippen molar-refractivity contribution in [2.75, 3.05) is 13.7 Å². The molecule has 0 saturated carbocycles. The molecule has 27 heavy (non-hydrogen) atoms. The molecule has 0 aliphatic carbocycles. The van der Waals surface area contributed by atoms with Crippen molar-refractivity contribution in [2.24, 2.45) is 5.92 Å². The molecule has 1 N–H and O–H groups in total. The molecular weight excluding hydrogens is 374 g/mol. The fourth-order valence-corrected chi connectivity index (χ4v) is 3.42. The first-order chi connectivity index (χ1) is 12.2. The van der Waals surface area contributed by atoms with Crippen molar-refractivity contribution in [3.63, 3.8) is 0 Å². The zero-order valence-corrected chi connectivity index (χ0v) is 17.6. The van der Waals surface area contributed by atoms with Gasteiger partial charge in [0.25, 0.3) is 0 Å². The predicted molar refractivity (Wildman–Crippen MR) is 88.3 cm³/mol. The largest absolute Gasteiger partial charge is 1.00 e. The standard InChI is InChI=1S/C18H22F3NO4.Na.H/c1-12(15(23)26-16(24)18(19,20)21)17(25-2,14-9-6-10-22-14)11-13-7-4-3-5-8-13;;/h3-5,7-8,12,14,22H,6,9-11H2,1-2H3;;/q;+1;-1/t12-,14-,17+;;/m0../s1. The average Bonchev–Trinajstić information content (AvgIpc) is 3.14. The Morgan fingerprint density at radius 3 is 2.41 bits per heavy atom. The van der Waals surface area contributed by atoms with Gasteiger partial charge in [0.15, 0.2) is 0 Å². The maximum Gasteiger partial charge on any atom is 1.00 e. The van der Waals surface area contributed by atoms with Crippen LogP contribution in [0.5, 0.6) is 0 Å². The molecule has 0 spiro atoms. The molecule has 0 aromatic heterocycles. The summed E-state index contributed by atoms with van der Waals surface area (Å²) in [6.45, 7) is 2.15. The van der Waals surface area contributed by atoms with E-state index in [1.165, 1.54) is 14.0 Å². The van der Waals surface area contributed by atoms with Crippen LogP contribution in [0.3, 0.4) is 0 Å². The van der Waals surface area contributed by atoms with Crippen molar-refractivity contribution in [1.82, 2.24) is 5.32 Å². The zero-order valence-electron chi connectivity index (χ0n) is 16.6. The summed E-state index contributed by atoms with van der Waals surface area (Å²) in [5, 5.41) is 3.25. The fourth-order valence-electron chi connectivity index (χ4n) is 3.42. The van der Waals surface area contributed by atoms with Crippen molar-refractivity contribution in [3.05, 3.63) is 35.9 Å². The number of halogens is 3. The van der Waals surface area contributed by atoms with Crippen LogP contribution in [0.15, 0.2) is 30.3 Å². The summed E-state index contributed by atoms with van der Waals surface area (Å²) >= 11 is 0. The molecule has 1 aliphatic rings. The minimum Gasteiger partial charge on any atom is -1.00 e. The third-order valence-electron chi connectivity index (χ3n) is 4.86. The molecular formula is C18H23F3NNaO4. The monoisotopic (exact) mass is 397 g/mol. The second kappa shape index (κ2) is 10.0. The third-order valence-corrected chi connectivity index (χ3v) is 4.86. The molecule has 1 aromatic carbocycles. The van der Waals surface area contributed by atoms with E-state index in [4.69, 9.17) is 4.74 Å². The van der Waals surface area contributed by atoms with E-state index in [9.17, 15) is 22.8 Å². The number of benzene rings is 1. The van der Waals surface area contributed by atoms with Crippen LogP contribution in [0, 0.1) is 5.92 Å².